The quantitative estimate of drug-likeness (QED) is 0.842. The second-order valence-corrected chi connectivity index (χ2v) is 5.34. The molecule has 1 unspecified atom stereocenters. The lowest BCUT2D eigenvalue weighted by molar-refractivity contribution is -0.122. The van der Waals surface area contributed by atoms with E-state index >= 15 is 0 Å². The van der Waals surface area contributed by atoms with Gasteiger partial charge in [-0.15, -0.1) is 0 Å². The third-order valence-electron chi connectivity index (χ3n) is 3.46. The van der Waals surface area contributed by atoms with Gasteiger partial charge < -0.3 is 10.6 Å². The third kappa shape index (κ3) is 2.88. The lowest BCUT2D eigenvalue weighted by Crippen LogP contribution is -2.54. The zero-order valence-corrected chi connectivity index (χ0v) is 11.3. The fourth-order valence-corrected chi connectivity index (χ4v) is 2.41. The minimum absolute atomic E-state index is 0.0136. The number of nitrogens with one attached hydrogen (secondary N) is 2. The van der Waals surface area contributed by atoms with Crippen molar-refractivity contribution in [1.82, 2.24) is 10.3 Å². The molecule has 18 heavy (non-hydrogen) atoms. The molecule has 0 aromatic carbocycles. The van der Waals surface area contributed by atoms with E-state index in [1.165, 1.54) is 0 Å². The van der Waals surface area contributed by atoms with Gasteiger partial charge in [0.2, 0.25) is 5.91 Å². The average Bonchev–Trinajstić information content (AvgIpc) is 2.28. The molecule has 1 aliphatic rings. The van der Waals surface area contributed by atoms with E-state index in [9.17, 15) is 4.79 Å². The van der Waals surface area contributed by atoms with Crippen molar-refractivity contribution in [2.45, 2.75) is 45.6 Å². The Morgan fingerprint density at radius 2 is 2.17 bits per heavy atom. The predicted molar refractivity (Wildman–Crippen MR) is 72.6 cm³/mol. The second kappa shape index (κ2) is 5.06. The molecule has 4 nitrogen and oxygen atoms in total. The molecule has 2 heterocycles. The fraction of sp³-hybridized carbons (Fsp3) is 0.571. The molecule has 0 bridgehead atoms. The van der Waals surface area contributed by atoms with Crippen LogP contribution < -0.4 is 10.6 Å². The maximum atomic E-state index is 12.3. The summed E-state index contributed by atoms with van der Waals surface area (Å²) in [5.74, 6) is 0.658. The van der Waals surface area contributed by atoms with Crippen molar-refractivity contribution in [2.75, 3.05) is 11.9 Å². The van der Waals surface area contributed by atoms with Crippen LogP contribution in [0.25, 0.3) is 0 Å². The zero-order valence-electron chi connectivity index (χ0n) is 11.3. The molecule has 1 aromatic rings. The Labute approximate surface area is 108 Å². The number of carbonyl (C=O) groups excluding carboxylic acids is 1. The molecule has 1 amide bonds. The second-order valence-electron chi connectivity index (χ2n) is 5.34. The summed E-state index contributed by atoms with van der Waals surface area (Å²) in [4.78, 5) is 16.6. The Balaban J connectivity index is 2.10. The topological polar surface area (TPSA) is 54.0 Å². The van der Waals surface area contributed by atoms with Crippen LogP contribution in [0.3, 0.4) is 0 Å². The highest BCUT2D eigenvalue weighted by atomic mass is 16.2. The Bertz CT molecular complexity index is 430. The molecule has 1 fully saturated rings. The number of amides is 1. The van der Waals surface area contributed by atoms with Gasteiger partial charge in [0.25, 0.3) is 0 Å². The highest BCUT2D eigenvalue weighted by Gasteiger charge is 2.34. The minimum atomic E-state index is -0.461. The van der Waals surface area contributed by atoms with Gasteiger partial charge in [0.05, 0.1) is 5.54 Å². The van der Waals surface area contributed by atoms with Gasteiger partial charge in [-0.25, -0.2) is 4.98 Å². The molecular formula is C14H21N3O. The van der Waals surface area contributed by atoms with E-state index in [-0.39, 0.29) is 5.91 Å². The van der Waals surface area contributed by atoms with Gasteiger partial charge >= 0.3 is 0 Å². The molecule has 98 valence electrons. The van der Waals surface area contributed by atoms with Gasteiger partial charge in [-0.2, -0.15) is 0 Å². The Kier molecular flexibility index (Phi) is 3.66. The van der Waals surface area contributed by atoms with Crippen molar-refractivity contribution < 1.29 is 4.79 Å². The molecule has 1 aliphatic heterocycles. The first-order valence-corrected chi connectivity index (χ1v) is 6.51. The van der Waals surface area contributed by atoms with Crippen molar-refractivity contribution in [3.63, 3.8) is 0 Å². The van der Waals surface area contributed by atoms with E-state index < -0.39 is 5.54 Å². The van der Waals surface area contributed by atoms with E-state index in [1.54, 1.807) is 0 Å². The maximum absolute atomic E-state index is 12.3. The lowest BCUT2D eigenvalue weighted by Gasteiger charge is -2.33. The summed E-state index contributed by atoms with van der Waals surface area (Å²) >= 11 is 0. The lowest BCUT2D eigenvalue weighted by atomic mass is 9.90. The van der Waals surface area contributed by atoms with Gasteiger partial charge in [0.1, 0.15) is 5.82 Å². The first-order chi connectivity index (χ1) is 8.49. The van der Waals surface area contributed by atoms with Gasteiger partial charge in [-0.1, -0.05) is 0 Å². The summed E-state index contributed by atoms with van der Waals surface area (Å²) in [6.45, 7) is 6.81. The Morgan fingerprint density at radius 1 is 1.39 bits per heavy atom. The minimum Gasteiger partial charge on any atom is -0.309 e. The van der Waals surface area contributed by atoms with Crippen LogP contribution in [0, 0.1) is 13.8 Å². The van der Waals surface area contributed by atoms with Crippen molar-refractivity contribution >= 4 is 11.7 Å². The van der Waals surface area contributed by atoms with Gasteiger partial charge in [-0.3, -0.25) is 4.79 Å². The molecule has 0 radical (unpaired) electrons. The van der Waals surface area contributed by atoms with Gasteiger partial charge in [0, 0.05) is 5.69 Å². The summed E-state index contributed by atoms with van der Waals surface area (Å²) in [5.41, 5.74) is 1.57. The van der Waals surface area contributed by atoms with Crippen LogP contribution in [0.15, 0.2) is 12.1 Å². The number of anilines is 1. The monoisotopic (exact) mass is 247 g/mol. The molecule has 2 N–H and O–H groups in total. The van der Waals surface area contributed by atoms with Crippen molar-refractivity contribution in [1.29, 1.82) is 0 Å². The average molecular weight is 247 g/mol. The zero-order chi connectivity index (χ0) is 13.2. The number of aryl methyl sites for hydroxylation is 2. The molecule has 2 rings (SSSR count). The first-order valence-electron chi connectivity index (χ1n) is 6.51. The summed E-state index contributed by atoms with van der Waals surface area (Å²) < 4.78 is 0. The molecule has 0 aliphatic carbocycles. The standard InChI is InChI=1S/C14H21N3O/c1-10-8-11(2)16-12(9-10)17-13(18)14(3)6-4-5-7-15-14/h8-9,15H,4-7H2,1-3H3,(H,16,17,18). The van der Waals surface area contributed by atoms with Crippen LogP contribution in [0.1, 0.15) is 37.4 Å². The van der Waals surface area contributed by atoms with E-state index in [0.717, 1.165) is 37.1 Å². The van der Waals surface area contributed by atoms with E-state index in [2.05, 4.69) is 15.6 Å². The number of carbonyl (C=O) groups is 1. The highest BCUT2D eigenvalue weighted by molar-refractivity contribution is 5.97. The Hall–Kier alpha value is -1.42. The van der Waals surface area contributed by atoms with Crippen molar-refractivity contribution in [2.24, 2.45) is 0 Å². The molecule has 1 aromatic heterocycles. The van der Waals surface area contributed by atoms with Crippen LogP contribution >= 0.6 is 0 Å². The number of hydrogen-bond donors (Lipinski definition) is 2. The number of aromatic nitrogens is 1. The molecule has 1 atom stereocenters. The molecule has 1 saturated heterocycles. The van der Waals surface area contributed by atoms with Crippen LogP contribution in [-0.2, 0) is 4.79 Å². The summed E-state index contributed by atoms with van der Waals surface area (Å²) in [5, 5.41) is 6.23. The van der Waals surface area contributed by atoms with Crippen LogP contribution in [0.4, 0.5) is 5.82 Å². The number of pyridine rings is 1. The number of nitrogens with zero attached hydrogens (tertiary/aromatic N) is 1. The van der Waals surface area contributed by atoms with Gasteiger partial charge in [-0.05, 0) is 64.3 Å². The van der Waals surface area contributed by atoms with Crippen LogP contribution in [0.5, 0.6) is 0 Å². The first kappa shape index (κ1) is 13.0. The molecule has 4 heteroatoms. The third-order valence-corrected chi connectivity index (χ3v) is 3.46. The number of piperidine rings is 1. The van der Waals surface area contributed by atoms with E-state index in [1.807, 2.05) is 32.9 Å². The largest absolute Gasteiger partial charge is 0.309 e. The summed E-state index contributed by atoms with van der Waals surface area (Å²) in [7, 11) is 0. The summed E-state index contributed by atoms with van der Waals surface area (Å²) in [6.07, 6.45) is 3.12. The normalized spacial score (nSPS) is 23.7. The Morgan fingerprint density at radius 3 is 2.78 bits per heavy atom. The van der Waals surface area contributed by atoms with Crippen molar-refractivity contribution in [3.05, 3.63) is 23.4 Å². The maximum Gasteiger partial charge on any atom is 0.245 e. The van der Waals surface area contributed by atoms with Crippen LogP contribution in [-0.4, -0.2) is 23.0 Å². The smallest absolute Gasteiger partial charge is 0.245 e. The summed E-state index contributed by atoms with van der Waals surface area (Å²) in [6, 6.07) is 3.90. The fourth-order valence-electron chi connectivity index (χ4n) is 2.41. The SMILES string of the molecule is Cc1cc(C)nc(NC(=O)C2(C)CCCCN2)c1. The number of rotatable bonds is 2. The highest BCUT2D eigenvalue weighted by Crippen LogP contribution is 2.20. The van der Waals surface area contributed by atoms with E-state index in [0.29, 0.717) is 5.82 Å². The predicted octanol–water partition coefficient (Wildman–Crippen LogP) is 2.17. The molecule has 0 spiro atoms. The van der Waals surface area contributed by atoms with Crippen LogP contribution in [0.2, 0.25) is 0 Å². The molecule has 0 saturated carbocycles. The molecular weight excluding hydrogens is 226 g/mol. The van der Waals surface area contributed by atoms with Crippen molar-refractivity contribution in [3.8, 4) is 0 Å². The number of hydrogen-bond acceptors (Lipinski definition) is 3. The van der Waals surface area contributed by atoms with Gasteiger partial charge in [0.15, 0.2) is 0 Å². The van der Waals surface area contributed by atoms with E-state index in [4.69, 9.17) is 0 Å².